The summed E-state index contributed by atoms with van der Waals surface area (Å²) in [5.41, 5.74) is 0.588. The molecule has 2 heterocycles. The molecule has 4 rings (SSSR count). The van der Waals surface area contributed by atoms with Crippen molar-refractivity contribution >= 4 is 33.2 Å². The number of hydrogen-bond acceptors (Lipinski definition) is 5. The zero-order chi connectivity index (χ0) is 21.1. The van der Waals surface area contributed by atoms with Gasteiger partial charge in [-0.2, -0.15) is 0 Å². The van der Waals surface area contributed by atoms with Gasteiger partial charge in [0.05, 0.1) is 16.0 Å². The first-order valence-corrected chi connectivity index (χ1v) is 12.2. The average Bonchev–Trinajstić information content (AvgIpc) is 3.40. The van der Waals surface area contributed by atoms with Crippen LogP contribution in [0.3, 0.4) is 0 Å². The molecule has 1 aromatic carbocycles. The van der Waals surface area contributed by atoms with Crippen LogP contribution in [-0.4, -0.2) is 48.8 Å². The molecule has 0 bridgehead atoms. The van der Waals surface area contributed by atoms with Gasteiger partial charge in [-0.3, -0.25) is 4.90 Å². The summed E-state index contributed by atoms with van der Waals surface area (Å²) in [4.78, 5) is 15.4. The van der Waals surface area contributed by atoms with E-state index in [1.54, 1.807) is 30.4 Å². The van der Waals surface area contributed by atoms with E-state index in [1.165, 1.54) is 4.88 Å². The van der Waals surface area contributed by atoms with E-state index in [1.807, 2.05) is 12.1 Å². The number of nitrogens with zero attached hydrogens (tertiary/aromatic N) is 1. The molecule has 0 radical (unpaired) electrons. The Morgan fingerprint density at radius 1 is 1.27 bits per heavy atom. The Balaban J connectivity index is 1.20. The van der Waals surface area contributed by atoms with Crippen LogP contribution in [0.15, 0.2) is 40.2 Å². The molecule has 0 spiro atoms. The van der Waals surface area contributed by atoms with Gasteiger partial charge < -0.3 is 10.1 Å². The highest BCUT2D eigenvalue weighted by Crippen LogP contribution is 2.45. The van der Waals surface area contributed by atoms with Crippen molar-refractivity contribution in [2.45, 2.75) is 50.4 Å². The van der Waals surface area contributed by atoms with Gasteiger partial charge in [0, 0.05) is 43.0 Å². The summed E-state index contributed by atoms with van der Waals surface area (Å²) in [6.45, 7) is 4.91. The Labute approximate surface area is 189 Å². The first-order chi connectivity index (χ1) is 14.5. The van der Waals surface area contributed by atoms with Crippen LogP contribution in [0.25, 0.3) is 0 Å². The minimum Gasteiger partial charge on any atom is -0.462 e. The van der Waals surface area contributed by atoms with Gasteiger partial charge in [0.25, 0.3) is 0 Å². The lowest BCUT2D eigenvalue weighted by Crippen LogP contribution is -2.47. The predicted molar refractivity (Wildman–Crippen MR) is 122 cm³/mol. The van der Waals surface area contributed by atoms with Gasteiger partial charge in [0.2, 0.25) is 0 Å². The Morgan fingerprint density at radius 3 is 2.63 bits per heavy atom. The highest BCUT2D eigenvalue weighted by molar-refractivity contribution is 9.11. The van der Waals surface area contributed by atoms with Crippen LogP contribution in [-0.2, 0) is 11.3 Å². The van der Waals surface area contributed by atoms with Crippen LogP contribution >= 0.6 is 27.3 Å². The van der Waals surface area contributed by atoms with Crippen LogP contribution in [0.5, 0.6) is 0 Å². The van der Waals surface area contributed by atoms with E-state index in [-0.39, 0.29) is 5.97 Å². The molecule has 162 valence electrons. The minimum atomic E-state index is -1.12. The molecule has 1 N–H and O–H groups in total. The van der Waals surface area contributed by atoms with Crippen LogP contribution in [0, 0.1) is 0 Å². The van der Waals surface area contributed by atoms with Crippen LogP contribution in [0.4, 0.5) is 4.39 Å². The molecule has 2 fully saturated rings. The number of hydrogen-bond donors (Lipinski definition) is 1. The van der Waals surface area contributed by atoms with Crippen molar-refractivity contribution in [1.29, 1.82) is 0 Å². The maximum atomic E-state index is 15.3. The summed E-state index contributed by atoms with van der Waals surface area (Å²) in [7, 11) is 0. The van der Waals surface area contributed by atoms with Crippen molar-refractivity contribution in [1.82, 2.24) is 10.2 Å². The Bertz CT molecular complexity index is 864. The molecule has 4 nitrogen and oxygen atoms in total. The van der Waals surface area contributed by atoms with Crippen molar-refractivity contribution < 1.29 is 13.9 Å². The van der Waals surface area contributed by atoms with Gasteiger partial charge in [0.1, 0.15) is 5.67 Å². The largest absolute Gasteiger partial charge is 0.462 e. The molecule has 2 aliphatic rings. The second kappa shape index (κ2) is 9.47. The Morgan fingerprint density at radius 2 is 2.00 bits per heavy atom. The number of thiophene rings is 1. The summed E-state index contributed by atoms with van der Waals surface area (Å²) in [6.07, 6.45) is 2.22. The Kier molecular flexibility index (Phi) is 6.92. The molecule has 2 unspecified atom stereocenters. The maximum Gasteiger partial charge on any atom is 0.338 e. The quantitative estimate of drug-likeness (QED) is 0.516. The van der Waals surface area contributed by atoms with Gasteiger partial charge in [0.15, 0.2) is 0 Å². The summed E-state index contributed by atoms with van der Waals surface area (Å²) >= 11 is 5.30. The lowest BCUT2D eigenvalue weighted by atomic mass is 9.93. The lowest BCUT2D eigenvalue weighted by Gasteiger charge is -2.36. The second-order valence-electron chi connectivity index (χ2n) is 8.32. The van der Waals surface area contributed by atoms with Gasteiger partial charge in [-0.1, -0.05) is 12.1 Å². The average molecular weight is 495 g/mol. The van der Waals surface area contributed by atoms with E-state index in [4.69, 9.17) is 4.74 Å². The van der Waals surface area contributed by atoms with Crippen molar-refractivity contribution in [3.8, 4) is 0 Å². The van der Waals surface area contributed by atoms with Gasteiger partial charge in [-0.05, 0) is 71.9 Å². The molecule has 1 aromatic heterocycles. The Hall–Kier alpha value is -1.28. The fourth-order valence-electron chi connectivity index (χ4n) is 4.08. The standard InChI is InChI=1S/C23H28BrFN2O2S/c1-2-29-22(28)17-5-3-16(4-6-17)14-27-11-9-23(25,10-12-27)15-26-19-13-18(19)20-7-8-21(24)30-20/h3-8,18-19,26H,2,9-15H2,1H3. The topological polar surface area (TPSA) is 41.6 Å². The zero-order valence-corrected chi connectivity index (χ0v) is 19.6. The molecule has 1 saturated heterocycles. The third-order valence-electron chi connectivity index (χ3n) is 6.05. The van der Waals surface area contributed by atoms with Crippen molar-refractivity contribution in [2.75, 3.05) is 26.2 Å². The fourth-order valence-corrected chi connectivity index (χ4v) is 5.69. The second-order valence-corrected chi connectivity index (χ2v) is 10.8. The number of nitrogens with one attached hydrogen (secondary N) is 1. The minimum absolute atomic E-state index is 0.290. The van der Waals surface area contributed by atoms with E-state index >= 15 is 4.39 Å². The summed E-state index contributed by atoms with van der Waals surface area (Å²) < 4.78 is 21.5. The van der Waals surface area contributed by atoms with E-state index in [0.717, 1.165) is 35.4 Å². The molecule has 2 atom stereocenters. The first kappa shape index (κ1) is 21.9. The van der Waals surface area contributed by atoms with Gasteiger partial charge in [-0.25, -0.2) is 9.18 Å². The molecule has 1 saturated carbocycles. The number of rotatable bonds is 8. The number of ether oxygens (including phenoxy) is 1. The van der Waals surface area contributed by atoms with Gasteiger partial charge in [-0.15, -0.1) is 11.3 Å². The number of halogens is 2. The fraction of sp³-hybridized carbons (Fsp3) is 0.522. The molecule has 30 heavy (non-hydrogen) atoms. The van der Waals surface area contributed by atoms with Crippen LogP contribution in [0.1, 0.15) is 52.9 Å². The van der Waals surface area contributed by atoms with Crippen LogP contribution < -0.4 is 5.32 Å². The molecule has 2 aromatic rings. The number of alkyl halides is 1. The maximum absolute atomic E-state index is 15.3. The van der Waals surface area contributed by atoms with E-state index < -0.39 is 5.67 Å². The summed E-state index contributed by atoms with van der Waals surface area (Å²) in [5.74, 6) is 0.254. The number of carbonyl (C=O) groups is 1. The predicted octanol–water partition coefficient (Wildman–Crippen LogP) is 5.14. The monoisotopic (exact) mass is 494 g/mol. The normalized spacial score (nSPS) is 23.3. The number of benzene rings is 1. The highest BCUT2D eigenvalue weighted by Gasteiger charge is 2.42. The molecule has 0 amide bonds. The lowest BCUT2D eigenvalue weighted by molar-refractivity contribution is 0.0523. The molecule has 7 heteroatoms. The number of carbonyl (C=O) groups excluding carboxylic acids is 1. The van der Waals surface area contributed by atoms with Crippen molar-refractivity contribution in [3.63, 3.8) is 0 Å². The zero-order valence-electron chi connectivity index (χ0n) is 17.2. The molecule has 1 aliphatic heterocycles. The third kappa shape index (κ3) is 5.49. The number of likely N-dealkylation sites (tertiary alicyclic amines) is 1. The van der Waals surface area contributed by atoms with E-state index in [2.05, 4.69) is 38.3 Å². The molecular formula is C23H28BrFN2O2S. The third-order valence-corrected chi connectivity index (χ3v) is 7.81. The first-order valence-electron chi connectivity index (χ1n) is 10.6. The van der Waals surface area contributed by atoms with Crippen LogP contribution in [0.2, 0.25) is 0 Å². The van der Waals surface area contributed by atoms with E-state index in [0.29, 0.717) is 43.5 Å². The SMILES string of the molecule is CCOC(=O)c1ccc(CN2CCC(F)(CNC3CC3c3ccc(Br)s3)CC2)cc1. The van der Waals surface area contributed by atoms with Crippen molar-refractivity contribution in [3.05, 3.63) is 56.2 Å². The number of esters is 1. The molecule has 1 aliphatic carbocycles. The smallest absolute Gasteiger partial charge is 0.338 e. The highest BCUT2D eigenvalue weighted by atomic mass is 79.9. The van der Waals surface area contributed by atoms with Crippen molar-refractivity contribution in [2.24, 2.45) is 0 Å². The van der Waals surface area contributed by atoms with E-state index in [9.17, 15) is 4.79 Å². The summed E-state index contributed by atoms with van der Waals surface area (Å²) in [5, 5.41) is 3.47. The van der Waals surface area contributed by atoms with Gasteiger partial charge >= 0.3 is 5.97 Å². The summed E-state index contributed by atoms with van der Waals surface area (Å²) in [6, 6.07) is 12.2. The number of piperidine rings is 1. The molecular weight excluding hydrogens is 467 g/mol.